The van der Waals surface area contributed by atoms with Gasteiger partial charge in [-0.3, -0.25) is 14.9 Å². The van der Waals surface area contributed by atoms with Crippen LogP contribution in [-0.4, -0.2) is 17.4 Å². The number of nitriles is 1. The van der Waals surface area contributed by atoms with Gasteiger partial charge in [0, 0.05) is 12.6 Å². The first-order chi connectivity index (χ1) is 8.78. The fourth-order valence-electron chi connectivity index (χ4n) is 1.53. The van der Waals surface area contributed by atoms with Crippen molar-refractivity contribution in [2.24, 2.45) is 5.41 Å². The number of carbonyl (C=O) groups excluding carboxylic acids is 1. The largest absolute Gasteiger partial charge is 0.350 e. The second-order valence-corrected chi connectivity index (χ2v) is 4.90. The van der Waals surface area contributed by atoms with Gasteiger partial charge in [-0.25, -0.2) is 0 Å². The minimum atomic E-state index is -0.715. The van der Waals surface area contributed by atoms with Gasteiger partial charge in [-0.1, -0.05) is 12.1 Å². The fourth-order valence-corrected chi connectivity index (χ4v) is 1.53. The molecule has 0 aliphatic carbocycles. The molecule has 1 aromatic carbocycles. The highest BCUT2D eigenvalue weighted by molar-refractivity contribution is 5.99. The van der Waals surface area contributed by atoms with E-state index in [-0.39, 0.29) is 17.8 Å². The molecule has 6 heteroatoms. The zero-order valence-corrected chi connectivity index (χ0v) is 11.1. The van der Waals surface area contributed by atoms with Crippen LogP contribution in [0.15, 0.2) is 18.2 Å². The number of benzene rings is 1. The van der Waals surface area contributed by atoms with E-state index in [1.807, 2.05) is 0 Å². The molecular weight excluding hydrogens is 246 g/mol. The number of rotatable bonds is 4. The highest BCUT2D eigenvalue weighted by Gasteiger charge is 2.24. The minimum Gasteiger partial charge on any atom is -0.350 e. The van der Waals surface area contributed by atoms with E-state index >= 15 is 0 Å². The average molecular weight is 261 g/mol. The Morgan fingerprint density at radius 3 is 2.68 bits per heavy atom. The summed E-state index contributed by atoms with van der Waals surface area (Å²) in [5.74, 6) is -0.534. The number of carbonyl (C=O) groups is 1. The molecule has 1 amide bonds. The van der Waals surface area contributed by atoms with Gasteiger partial charge in [0.25, 0.3) is 11.6 Å². The van der Waals surface area contributed by atoms with E-state index < -0.39 is 16.2 Å². The van der Waals surface area contributed by atoms with Crippen LogP contribution < -0.4 is 5.32 Å². The van der Waals surface area contributed by atoms with Crippen LogP contribution in [-0.2, 0) is 0 Å². The number of hydrogen-bond acceptors (Lipinski definition) is 4. The van der Waals surface area contributed by atoms with Crippen LogP contribution in [0, 0.1) is 33.8 Å². The SMILES string of the molecule is Cc1cccc([N+](=O)[O-])c1C(=O)NCC(C)(C)C#N. The minimum absolute atomic E-state index is 0.0428. The molecule has 0 spiro atoms. The van der Waals surface area contributed by atoms with Gasteiger partial charge in [0.05, 0.1) is 16.4 Å². The summed E-state index contributed by atoms with van der Waals surface area (Å²) in [5.41, 5.74) is -0.373. The van der Waals surface area contributed by atoms with Crippen LogP contribution in [0.4, 0.5) is 5.69 Å². The smallest absolute Gasteiger partial charge is 0.282 e. The third-order valence-corrected chi connectivity index (χ3v) is 2.67. The van der Waals surface area contributed by atoms with Crippen molar-refractivity contribution < 1.29 is 9.72 Å². The lowest BCUT2D eigenvalue weighted by Gasteiger charge is -2.16. The van der Waals surface area contributed by atoms with Gasteiger partial charge < -0.3 is 5.32 Å². The molecule has 0 fully saturated rings. The second-order valence-electron chi connectivity index (χ2n) is 4.90. The van der Waals surface area contributed by atoms with Crippen LogP contribution in [0.2, 0.25) is 0 Å². The van der Waals surface area contributed by atoms with Crippen LogP contribution in [0.5, 0.6) is 0 Å². The van der Waals surface area contributed by atoms with Gasteiger partial charge in [0.2, 0.25) is 0 Å². The van der Waals surface area contributed by atoms with Gasteiger partial charge in [-0.15, -0.1) is 0 Å². The molecule has 0 aliphatic rings. The molecule has 0 heterocycles. The predicted molar refractivity (Wildman–Crippen MR) is 69.6 cm³/mol. The van der Waals surface area contributed by atoms with Gasteiger partial charge in [0.15, 0.2) is 0 Å². The Morgan fingerprint density at radius 2 is 2.16 bits per heavy atom. The molecule has 0 unspecified atom stereocenters. The first-order valence-corrected chi connectivity index (χ1v) is 5.72. The molecule has 0 radical (unpaired) electrons. The number of hydrogen-bond donors (Lipinski definition) is 1. The van der Waals surface area contributed by atoms with Gasteiger partial charge in [-0.05, 0) is 26.3 Å². The molecule has 1 N–H and O–H groups in total. The number of nitrogens with one attached hydrogen (secondary N) is 1. The highest BCUT2D eigenvalue weighted by Crippen LogP contribution is 2.22. The van der Waals surface area contributed by atoms with Gasteiger partial charge in [0.1, 0.15) is 5.56 Å². The van der Waals surface area contributed by atoms with E-state index in [4.69, 9.17) is 5.26 Å². The Morgan fingerprint density at radius 1 is 1.53 bits per heavy atom. The molecular formula is C13H15N3O3. The summed E-state index contributed by atoms with van der Waals surface area (Å²) in [5, 5.41) is 22.3. The van der Waals surface area contributed by atoms with Crippen molar-refractivity contribution >= 4 is 11.6 Å². The highest BCUT2D eigenvalue weighted by atomic mass is 16.6. The van der Waals surface area contributed by atoms with Crippen molar-refractivity contribution in [1.29, 1.82) is 5.26 Å². The standard InChI is InChI=1S/C13H15N3O3/c1-9-5-4-6-10(16(18)19)11(9)12(17)15-8-13(2,3)7-14/h4-6H,8H2,1-3H3,(H,15,17). The first kappa shape index (κ1) is 14.6. The summed E-state index contributed by atoms with van der Waals surface area (Å²) < 4.78 is 0. The maximum absolute atomic E-state index is 12.0. The lowest BCUT2D eigenvalue weighted by molar-refractivity contribution is -0.385. The molecule has 1 rings (SSSR count). The van der Waals surface area contributed by atoms with Crippen molar-refractivity contribution in [2.45, 2.75) is 20.8 Å². The zero-order chi connectivity index (χ0) is 14.6. The molecule has 0 aromatic heterocycles. The summed E-state index contributed by atoms with van der Waals surface area (Å²) in [6.07, 6.45) is 0. The molecule has 6 nitrogen and oxygen atoms in total. The number of nitro benzene ring substituents is 1. The Bertz CT molecular complexity index is 559. The van der Waals surface area contributed by atoms with E-state index in [9.17, 15) is 14.9 Å². The topological polar surface area (TPSA) is 96.0 Å². The molecule has 1 aromatic rings. The third kappa shape index (κ3) is 3.52. The van der Waals surface area contributed by atoms with E-state index in [0.717, 1.165) is 0 Å². The predicted octanol–water partition coefficient (Wildman–Crippen LogP) is 2.18. The van der Waals surface area contributed by atoms with Crippen molar-refractivity contribution in [3.63, 3.8) is 0 Å². The van der Waals surface area contributed by atoms with Crippen molar-refractivity contribution in [3.05, 3.63) is 39.4 Å². The summed E-state index contributed by atoms with van der Waals surface area (Å²) in [6.45, 7) is 5.13. The summed E-state index contributed by atoms with van der Waals surface area (Å²) >= 11 is 0. The van der Waals surface area contributed by atoms with Crippen molar-refractivity contribution in [1.82, 2.24) is 5.32 Å². The second kappa shape index (κ2) is 5.48. The maximum Gasteiger partial charge on any atom is 0.282 e. The fraction of sp³-hybridized carbons (Fsp3) is 0.385. The summed E-state index contributed by atoms with van der Waals surface area (Å²) in [6, 6.07) is 6.51. The van der Waals surface area contributed by atoms with E-state index in [1.54, 1.807) is 26.8 Å². The summed E-state index contributed by atoms with van der Waals surface area (Å²) in [7, 11) is 0. The van der Waals surface area contributed by atoms with E-state index in [2.05, 4.69) is 11.4 Å². The Kier molecular flexibility index (Phi) is 4.22. The van der Waals surface area contributed by atoms with E-state index in [0.29, 0.717) is 5.56 Å². The zero-order valence-electron chi connectivity index (χ0n) is 11.1. The van der Waals surface area contributed by atoms with Crippen LogP contribution >= 0.6 is 0 Å². The molecule has 0 aliphatic heterocycles. The monoisotopic (exact) mass is 261 g/mol. The normalized spacial score (nSPS) is 10.6. The van der Waals surface area contributed by atoms with Gasteiger partial charge >= 0.3 is 0 Å². The Hall–Kier alpha value is -2.42. The number of nitro groups is 1. The average Bonchev–Trinajstić information content (AvgIpc) is 2.35. The van der Waals surface area contributed by atoms with Crippen LogP contribution in [0.1, 0.15) is 29.8 Å². The quantitative estimate of drug-likeness (QED) is 0.663. The third-order valence-electron chi connectivity index (χ3n) is 2.67. The Balaban J connectivity index is 3.01. The number of nitrogens with zero attached hydrogens (tertiary/aromatic N) is 2. The molecule has 0 atom stereocenters. The molecule has 0 bridgehead atoms. The molecule has 0 saturated heterocycles. The van der Waals surface area contributed by atoms with Crippen LogP contribution in [0.25, 0.3) is 0 Å². The van der Waals surface area contributed by atoms with Crippen molar-refractivity contribution in [3.8, 4) is 6.07 Å². The summed E-state index contributed by atoms with van der Waals surface area (Å²) in [4.78, 5) is 22.4. The molecule has 100 valence electrons. The van der Waals surface area contributed by atoms with Gasteiger partial charge in [-0.2, -0.15) is 5.26 Å². The molecule has 19 heavy (non-hydrogen) atoms. The Labute approximate surface area is 111 Å². The molecule has 0 saturated carbocycles. The first-order valence-electron chi connectivity index (χ1n) is 5.72. The number of amides is 1. The lowest BCUT2D eigenvalue weighted by atomic mass is 9.95. The van der Waals surface area contributed by atoms with Crippen molar-refractivity contribution in [2.75, 3.05) is 6.54 Å². The maximum atomic E-state index is 12.0. The lowest BCUT2D eigenvalue weighted by Crippen LogP contribution is -2.33. The number of aryl methyl sites for hydroxylation is 1. The van der Waals surface area contributed by atoms with E-state index in [1.165, 1.54) is 12.1 Å². The van der Waals surface area contributed by atoms with Crippen LogP contribution in [0.3, 0.4) is 0 Å².